The van der Waals surface area contributed by atoms with E-state index in [9.17, 15) is 14.7 Å². The van der Waals surface area contributed by atoms with Gasteiger partial charge in [0, 0.05) is 18.2 Å². The number of nitrogens with one attached hydrogen (secondary N) is 1. The predicted molar refractivity (Wildman–Crippen MR) is 107 cm³/mol. The highest BCUT2D eigenvalue weighted by molar-refractivity contribution is 5.97. The van der Waals surface area contributed by atoms with Gasteiger partial charge in [0.2, 0.25) is 0 Å². The Balaban J connectivity index is 1.70. The van der Waals surface area contributed by atoms with Crippen molar-refractivity contribution in [2.75, 3.05) is 13.7 Å². The van der Waals surface area contributed by atoms with Crippen LogP contribution in [0.25, 0.3) is 0 Å². The number of rotatable bonds is 7. The van der Waals surface area contributed by atoms with Crippen LogP contribution < -0.4 is 10.2 Å². The molecule has 1 saturated carbocycles. The SMILES string of the molecule is CCOc1cc(C(=O)NN(C)C(=O)OCc2ccccc2)c(C2CC2)cc1CO. The zero-order valence-corrected chi connectivity index (χ0v) is 16.7. The van der Waals surface area contributed by atoms with Crippen LogP contribution in [0.5, 0.6) is 5.75 Å². The Morgan fingerprint density at radius 1 is 1.21 bits per heavy atom. The van der Waals surface area contributed by atoms with Crippen molar-refractivity contribution in [3.05, 3.63) is 64.7 Å². The van der Waals surface area contributed by atoms with Gasteiger partial charge in [0.15, 0.2) is 0 Å². The van der Waals surface area contributed by atoms with Crippen molar-refractivity contribution in [3.63, 3.8) is 0 Å². The summed E-state index contributed by atoms with van der Waals surface area (Å²) in [5, 5.41) is 10.7. The number of carbonyl (C=O) groups is 2. The fourth-order valence-electron chi connectivity index (χ4n) is 3.06. The number of aliphatic hydroxyl groups is 1. The predicted octanol–water partition coefficient (Wildman–Crippen LogP) is 3.37. The molecule has 2 N–H and O–H groups in total. The van der Waals surface area contributed by atoms with Gasteiger partial charge in [-0.3, -0.25) is 10.2 Å². The summed E-state index contributed by atoms with van der Waals surface area (Å²) < 4.78 is 10.8. The van der Waals surface area contributed by atoms with Crippen molar-refractivity contribution < 1.29 is 24.2 Å². The lowest BCUT2D eigenvalue weighted by Crippen LogP contribution is -2.43. The molecular formula is C22H26N2O5. The van der Waals surface area contributed by atoms with Crippen LogP contribution in [0.3, 0.4) is 0 Å². The lowest BCUT2D eigenvalue weighted by molar-refractivity contribution is 0.0685. The zero-order valence-electron chi connectivity index (χ0n) is 16.7. The number of hydrazine groups is 1. The fourth-order valence-corrected chi connectivity index (χ4v) is 3.06. The van der Waals surface area contributed by atoms with Crippen molar-refractivity contribution in [3.8, 4) is 5.75 Å². The van der Waals surface area contributed by atoms with Crippen LogP contribution in [0, 0.1) is 0 Å². The summed E-state index contributed by atoms with van der Waals surface area (Å²) >= 11 is 0. The standard InChI is InChI=1S/C22H26N2O5/c1-3-28-20-12-19(18(16-9-10-16)11-17(20)13-25)21(26)23-24(2)22(27)29-14-15-7-5-4-6-8-15/h4-8,11-12,16,25H,3,9-10,13-14H2,1-2H3,(H,23,26). The lowest BCUT2D eigenvalue weighted by Gasteiger charge is -2.20. The normalized spacial score (nSPS) is 12.9. The number of hydrogen-bond acceptors (Lipinski definition) is 5. The molecule has 0 heterocycles. The van der Waals surface area contributed by atoms with Crippen molar-refractivity contribution in [2.24, 2.45) is 0 Å². The molecule has 2 aromatic carbocycles. The molecular weight excluding hydrogens is 372 g/mol. The van der Waals surface area contributed by atoms with Crippen molar-refractivity contribution in [2.45, 2.75) is 38.9 Å². The largest absolute Gasteiger partial charge is 0.493 e. The van der Waals surface area contributed by atoms with Gasteiger partial charge in [-0.05, 0) is 48.9 Å². The molecule has 3 rings (SSSR count). The Morgan fingerprint density at radius 2 is 1.93 bits per heavy atom. The van der Waals surface area contributed by atoms with Crippen LogP contribution in [0.15, 0.2) is 42.5 Å². The van der Waals surface area contributed by atoms with Crippen LogP contribution in [-0.4, -0.2) is 35.8 Å². The lowest BCUT2D eigenvalue weighted by atomic mass is 9.98. The van der Waals surface area contributed by atoms with Crippen LogP contribution in [0.1, 0.15) is 52.7 Å². The van der Waals surface area contributed by atoms with Gasteiger partial charge in [-0.25, -0.2) is 9.80 Å². The second kappa shape index (κ2) is 9.43. The average Bonchev–Trinajstić information content (AvgIpc) is 3.57. The number of ether oxygens (including phenoxy) is 2. The molecule has 0 saturated heterocycles. The molecule has 154 valence electrons. The Morgan fingerprint density at radius 3 is 2.55 bits per heavy atom. The monoisotopic (exact) mass is 398 g/mol. The first-order valence-corrected chi connectivity index (χ1v) is 9.69. The Bertz CT molecular complexity index is 865. The minimum atomic E-state index is -0.660. The first-order chi connectivity index (χ1) is 14.0. The molecule has 0 atom stereocenters. The smallest absolute Gasteiger partial charge is 0.428 e. The van der Waals surface area contributed by atoms with E-state index in [2.05, 4.69) is 5.43 Å². The highest BCUT2D eigenvalue weighted by Crippen LogP contribution is 2.43. The molecule has 2 aromatic rings. The summed E-state index contributed by atoms with van der Waals surface area (Å²) in [5.74, 6) is 0.336. The second-order valence-corrected chi connectivity index (χ2v) is 6.95. The zero-order chi connectivity index (χ0) is 20.8. The van der Waals surface area contributed by atoms with Gasteiger partial charge >= 0.3 is 6.09 Å². The van der Waals surface area contributed by atoms with Crippen LogP contribution >= 0.6 is 0 Å². The summed E-state index contributed by atoms with van der Waals surface area (Å²) in [4.78, 5) is 25.1. The van der Waals surface area contributed by atoms with Gasteiger partial charge in [0.25, 0.3) is 5.91 Å². The molecule has 1 fully saturated rings. The van der Waals surface area contributed by atoms with Crippen LogP contribution in [0.4, 0.5) is 4.79 Å². The number of carbonyl (C=O) groups excluding carboxylic acids is 2. The van der Waals surface area contributed by atoms with E-state index < -0.39 is 12.0 Å². The molecule has 0 radical (unpaired) electrons. The summed E-state index contributed by atoms with van der Waals surface area (Å²) in [6.45, 7) is 2.21. The Hall–Kier alpha value is -3.06. The number of aliphatic hydroxyl groups excluding tert-OH is 1. The maximum atomic E-state index is 12.9. The van der Waals surface area contributed by atoms with Gasteiger partial charge in [-0.1, -0.05) is 30.3 Å². The first kappa shape index (κ1) is 20.7. The molecule has 0 unspecified atom stereocenters. The minimum Gasteiger partial charge on any atom is -0.493 e. The third-order valence-electron chi connectivity index (χ3n) is 4.71. The molecule has 1 aliphatic rings. The molecule has 29 heavy (non-hydrogen) atoms. The van der Waals surface area contributed by atoms with E-state index in [0.717, 1.165) is 29.0 Å². The van der Waals surface area contributed by atoms with Crippen molar-refractivity contribution in [1.82, 2.24) is 10.4 Å². The Kier molecular flexibility index (Phi) is 6.72. The highest BCUT2D eigenvalue weighted by atomic mass is 16.6. The van der Waals surface area contributed by atoms with E-state index in [1.807, 2.05) is 43.3 Å². The van der Waals surface area contributed by atoms with Gasteiger partial charge < -0.3 is 14.6 Å². The molecule has 7 heteroatoms. The molecule has 0 aliphatic heterocycles. The third kappa shape index (κ3) is 5.26. The molecule has 2 amide bonds. The van der Waals surface area contributed by atoms with Crippen molar-refractivity contribution in [1.29, 1.82) is 0 Å². The summed E-state index contributed by atoms with van der Waals surface area (Å²) in [6.07, 6.45) is 1.33. The van der Waals surface area contributed by atoms with E-state index in [1.165, 1.54) is 7.05 Å². The average molecular weight is 398 g/mol. The Labute approximate surface area is 170 Å². The van der Waals surface area contributed by atoms with E-state index in [4.69, 9.17) is 9.47 Å². The second-order valence-electron chi connectivity index (χ2n) is 6.95. The maximum Gasteiger partial charge on any atom is 0.428 e. The topological polar surface area (TPSA) is 88.1 Å². The molecule has 1 aliphatic carbocycles. The minimum absolute atomic E-state index is 0.118. The summed E-state index contributed by atoms with van der Waals surface area (Å²) in [5.41, 5.74) is 5.38. The third-order valence-corrected chi connectivity index (χ3v) is 4.71. The van der Waals surface area contributed by atoms with E-state index in [0.29, 0.717) is 23.5 Å². The quantitative estimate of drug-likeness (QED) is 0.698. The fraction of sp³-hybridized carbons (Fsp3) is 0.364. The van der Waals surface area contributed by atoms with Gasteiger partial charge in [0.1, 0.15) is 12.4 Å². The summed E-state index contributed by atoms with van der Waals surface area (Å²) in [7, 11) is 1.44. The maximum absolute atomic E-state index is 12.9. The van der Waals surface area contributed by atoms with Crippen molar-refractivity contribution >= 4 is 12.0 Å². The number of hydrogen-bond donors (Lipinski definition) is 2. The highest BCUT2D eigenvalue weighted by Gasteiger charge is 2.30. The van der Waals surface area contributed by atoms with Gasteiger partial charge in [0.05, 0.1) is 13.2 Å². The molecule has 0 aromatic heterocycles. The van der Waals surface area contributed by atoms with E-state index >= 15 is 0 Å². The van der Waals surface area contributed by atoms with E-state index in [1.54, 1.807) is 6.07 Å². The number of amides is 2. The first-order valence-electron chi connectivity index (χ1n) is 9.69. The molecule has 0 bridgehead atoms. The number of benzene rings is 2. The van der Waals surface area contributed by atoms with E-state index in [-0.39, 0.29) is 19.1 Å². The van der Waals surface area contributed by atoms with Gasteiger partial charge in [-0.2, -0.15) is 0 Å². The van der Waals surface area contributed by atoms with Crippen LogP contribution in [0.2, 0.25) is 0 Å². The van der Waals surface area contributed by atoms with Gasteiger partial charge in [-0.15, -0.1) is 0 Å². The van der Waals surface area contributed by atoms with Crippen LogP contribution in [-0.2, 0) is 18.0 Å². The summed E-state index contributed by atoms with van der Waals surface area (Å²) in [6, 6.07) is 12.8. The molecule has 0 spiro atoms. The number of nitrogens with zero attached hydrogens (tertiary/aromatic N) is 1. The molecule has 7 nitrogen and oxygen atoms in total.